The molecule has 0 saturated heterocycles. The third-order valence-electron chi connectivity index (χ3n) is 5.50. The molecule has 1 aromatic rings. The van der Waals surface area contributed by atoms with Gasteiger partial charge in [-0.2, -0.15) is 0 Å². The molecule has 1 heterocycles. The van der Waals surface area contributed by atoms with Crippen molar-refractivity contribution in [2.45, 2.75) is 46.2 Å². The Labute approximate surface area is 104 Å². The summed E-state index contributed by atoms with van der Waals surface area (Å²) in [4.78, 5) is 0. The van der Waals surface area contributed by atoms with E-state index in [2.05, 4.69) is 26.1 Å². The van der Waals surface area contributed by atoms with Crippen molar-refractivity contribution < 1.29 is 4.42 Å². The van der Waals surface area contributed by atoms with Gasteiger partial charge in [0.2, 0.25) is 0 Å². The van der Waals surface area contributed by atoms with Crippen LogP contribution in [0.4, 0.5) is 0 Å². The van der Waals surface area contributed by atoms with Gasteiger partial charge in [0, 0.05) is 18.2 Å². The van der Waals surface area contributed by atoms with E-state index >= 15 is 0 Å². The van der Waals surface area contributed by atoms with Crippen LogP contribution in [0.3, 0.4) is 0 Å². The molecule has 0 aliphatic heterocycles. The topological polar surface area (TPSA) is 25.2 Å². The minimum Gasteiger partial charge on any atom is -0.472 e. The van der Waals surface area contributed by atoms with Crippen LogP contribution < -0.4 is 5.32 Å². The molecule has 2 heteroatoms. The lowest BCUT2D eigenvalue weighted by Crippen LogP contribution is -2.59. The molecule has 3 aliphatic carbocycles. The standard InChI is InChI=1S/C15H23NO/c1-10-13-6-12(15(13,2)3)7-14(10)16-8-11-4-5-17-9-11/h4-5,9-10,12-14,16H,6-8H2,1-3H3/t10-,12-,13-,14-/m1/s1. The summed E-state index contributed by atoms with van der Waals surface area (Å²) in [6.45, 7) is 8.28. The van der Waals surface area contributed by atoms with Crippen molar-refractivity contribution >= 4 is 0 Å². The Morgan fingerprint density at radius 1 is 1.41 bits per heavy atom. The molecule has 0 radical (unpaired) electrons. The van der Waals surface area contributed by atoms with E-state index in [9.17, 15) is 0 Å². The molecule has 2 nitrogen and oxygen atoms in total. The molecule has 3 aliphatic rings. The van der Waals surface area contributed by atoms with Crippen LogP contribution in [0.1, 0.15) is 39.2 Å². The highest BCUT2D eigenvalue weighted by atomic mass is 16.3. The van der Waals surface area contributed by atoms with Crippen LogP contribution in [-0.2, 0) is 6.54 Å². The van der Waals surface area contributed by atoms with E-state index in [1.165, 1.54) is 18.4 Å². The molecule has 0 spiro atoms. The van der Waals surface area contributed by atoms with Gasteiger partial charge in [-0.1, -0.05) is 20.8 Å². The summed E-state index contributed by atoms with van der Waals surface area (Å²) in [5.41, 5.74) is 1.85. The normalized spacial score (nSPS) is 38.8. The van der Waals surface area contributed by atoms with Gasteiger partial charge in [0.15, 0.2) is 0 Å². The maximum atomic E-state index is 5.10. The Kier molecular flexibility index (Phi) is 2.58. The van der Waals surface area contributed by atoms with Gasteiger partial charge < -0.3 is 9.73 Å². The average Bonchev–Trinajstić information content (AvgIpc) is 2.79. The summed E-state index contributed by atoms with van der Waals surface area (Å²) in [6.07, 6.45) is 6.40. The fraction of sp³-hybridized carbons (Fsp3) is 0.733. The fourth-order valence-electron chi connectivity index (χ4n) is 4.06. The smallest absolute Gasteiger partial charge is 0.0947 e. The molecule has 0 unspecified atom stereocenters. The summed E-state index contributed by atoms with van der Waals surface area (Å²) in [7, 11) is 0. The number of nitrogens with one attached hydrogen (secondary N) is 1. The Morgan fingerprint density at radius 3 is 2.82 bits per heavy atom. The largest absolute Gasteiger partial charge is 0.472 e. The lowest BCUT2D eigenvalue weighted by Gasteiger charge is -2.62. The molecule has 0 aromatic carbocycles. The SMILES string of the molecule is C[C@@H]1[C@H]2C[C@H](C[C@H]1NCc1ccoc1)C2(C)C. The van der Waals surface area contributed by atoms with Gasteiger partial charge in [-0.3, -0.25) is 0 Å². The van der Waals surface area contributed by atoms with E-state index in [1.807, 2.05) is 12.3 Å². The Balaban J connectivity index is 1.60. The van der Waals surface area contributed by atoms with Crippen LogP contribution in [0.5, 0.6) is 0 Å². The van der Waals surface area contributed by atoms with E-state index in [0.29, 0.717) is 11.5 Å². The molecule has 3 fully saturated rings. The van der Waals surface area contributed by atoms with Crippen molar-refractivity contribution in [3.05, 3.63) is 24.2 Å². The number of furan rings is 1. The van der Waals surface area contributed by atoms with Crippen LogP contribution >= 0.6 is 0 Å². The van der Waals surface area contributed by atoms with Crippen LogP contribution in [-0.4, -0.2) is 6.04 Å². The molecule has 94 valence electrons. The van der Waals surface area contributed by atoms with Crippen LogP contribution in [0.15, 0.2) is 23.0 Å². The monoisotopic (exact) mass is 233 g/mol. The molecule has 1 N–H and O–H groups in total. The predicted octanol–water partition coefficient (Wildman–Crippen LogP) is 3.44. The lowest BCUT2D eigenvalue weighted by atomic mass is 9.45. The average molecular weight is 233 g/mol. The second-order valence-corrected chi connectivity index (χ2v) is 6.57. The van der Waals surface area contributed by atoms with Crippen molar-refractivity contribution in [2.24, 2.45) is 23.2 Å². The minimum absolute atomic E-state index is 0.591. The van der Waals surface area contributed by atoms with Gasteiger partial charge in [-0.05, 0) is 42.1 Å². The third kappa shape index (κ3) is 1.74. The summed E-state index contributed by atoms with van der Waals surface area (Å²) < 4.78 is 5.10. The minimum atomic E-state index is 0.591. The molecule has 17 heavy (non-hydrogen) atoms. The molecule has 4 rings (SSSR count). The van der Waals surface area contributed by atoms with E-state index in [1.54, 1.807) is 6.26 Å². The van der Waals surface area contributed by atoms with Crippen molar-refractivity contribution in [3.63, 3.8) is 0 Å². The highest BCUT2D eigenvalue weighted by Gasteiger charge is 2.55. The quantitative estimate of drug-likeness (QED) is 0.865. The molecular weight excluding hydrogens is 210 g/mol. The molecule has 1 aromatic heterocycles. The molecule has 0 amide bonds. The summed E-state index contributed by atoms with van der Waals surface area (Å²) in [5.74, 6) is 2.66. The second kappa shape index (κ2) is 3.88. The maximum absolute atomic E-state index is 5.10. The van der Waals surface area contributed by atoms with Crippen LogP contribution in [0, 0.1) is 23.2 Å². The first kappa shape index (κ1) is 11.3. The number of hydrogen-bond acceptors (Lipinski definition) is 2. The van der Waals surface area contributed by atoms with Gasteiger partial charge in [0.25, 0.3) is 0 Å². The summed E-state index contributed by atoms with van der Waals surface area (Å²) in [6, 6.07) is 2.74. The van der Waals surface area contributed by atoms with Gasteiger partial charge in [0.05, 0.1) is 12.5 Å². The van der Waals surface area contributed by atoms with Gasteiger partial charge in [0.1, 0.15) is 0 Å². The molecular formula is C15H23NO. The van der Waals surface area contributed by atoms with Crippen molar-refractivity contribution in [1.82, 2.24) is 5.32 Å². The van der Waals surface area contributed by atoms with E-state index in [4.69, 9.17) is 4.42 Å². The van der Waals surface area contributed by atoms with E-state index in [0.717, 1.165) is 24.3 Å². The molecule has 2 bridgehead atoms. The highest BCUT2D eigenvalue weighted by molar-refractivity contribution is 5.09. The van der Waals surface area contributed by atoms with Gasteiger partial charge in [-0.15, -0.1) is 0 Å². The summed E-state index contributed by atoms with van der Waals surface area (Å²) >= 11 is 0. The first-order valence-electron chi connectivity index (χ1n) is 6.83. The van der Waals surface area contributed by atoms with E-state index in [-0.39, 0.29) is 0 Å². The number of rotatable bonds is 3. The Bertz CT molecular complexity index is 382. The predicted molar refractivity (Wildman–Crippen MR) is 68.5 cm³/mol. The zero-order valence-corrected chi connectivity index (χ0v) is 11.1. The highest BCUT2D eigenvalue weighted by Crippen LogP contribution is 2.61. The maximum Gasteiger partial charge on any atom is 0.0947 e. The van der Waals surface area contributed by atoms with Gasteiger partial charge >= 0.3 is 0 Å². The second-order valence-electron chi connectivity index (χ2n) is 6.57. The van der Waals surface area contributed by atoms with Gasteiger partial charge in [-0.25, -0.2) is 0 Å². The van der Waals surface area contributed by atoms with E-state index < -0.39 is 0 Å². The first-order valence-corrected chi connectivity index (χ1v) is 6.83. The zero-order chi connectivity index (χ0) is 12.0. The molecule has 4 atom stereocenters. The Morgan fingerprint density at radius 2 is 2.24 bits per heavy atom. The zero-order valence-electron chi connectivity index (χ0n) is 11.1. The van der Waals surface area contributed by atoms with Crippen molar-refractivity contribution in [1.29, 1.82) is 0 Å². The molecule has 3 saturated carbocycles. The summed E-state index contributed by atoms with van der Waals surface area (Å²) in [5, 5.41) is 3.71. The van der Waals surface area contributed by atoms with Crippen molar-refractivity contribution in [2.75, 3.05) is 0 Å². The van der Waals surface area contributed by atoms with Crippen LogP contribution in [0.25, 0.3) is 0 Å². The first-order chi connectivity index (χ1) is 8.09. The Hall–Kier alpha value is -0.760. The van der Waals surface area contributed by atoms with Crippen molar-refractivity contribution in [3.8, 4) is 0 Å². The number of hydrogen-bond donors (Lipinski definition) is 1. The lowest BCUT2D eigenvalue weighted by molar-refractivity contribution is -0.115. The number of fused-ring (bicyclic) bond motifs is 2. The van der Waals surface area contributed by atoms with Crippen LogP contribution in [0.2, 0.25) is 0 Å². The fourth-order valence-corrected chi connectivity index (χ4v) is 4.06. The third-order valence-corrected chi connectivity index (χ3v) is 5.50.